The molecule has 2 N–H and O–H groups in total. The second-order valence-electron chi connectivity index (χ2n) is 6.36. The molecule has 0 saturated carbocycles. The molecular formula is C20H20Cl2N2O2S. The Morgan fingerprint density at radius 1 is 1.19 bits per heavy atom. The fraction of sp³-hybridized carbons (Fsp3) is 0.250. The molecule has 1 aliphatic rings. The van der Waals surface area contributed by atoms with Gasteiger partial charge in [-0.1, -0.05) is 41.9 Å². The third kappa shape index (κ3) is 4.43. The number of thioether (sulfide) groups is 1. The highest BCUT2D eigenvalue weighted by Gasteiger charge is 2.23. The van der Waals surface area contributed by atoms with Crippen LogP contribution in [0.1, 0.15) is 16.1 Å². The van der Waals surface area contributed by atoms with Gasteiger partial charge in [0.25, 0.3) is 5.91 Å². The zero-order valence-electron chi connectivity index (χ0n) is 14.5. The summed E-state index contributed by atoms with van der Waals surface area (Å²) < 4.78 is 5.89. The number of carbonyl (C=O) groups excluding carboxylic acids is 1. The number of nitrogens with one attached hydrogen (secondary N) is 2. The van der Waals surface area contributed by atoms with Crippen molar-refractivity contribution in [3.63, 3.8) is 0 Å². The highest BCUT2D eigenvalue weighted by Crippen LogP contribution is 2.34. The summed E-state index contributed by atoms with van der Waals surface area (Å²) in [7, 11) is 0. The standard InChI is InChI=1S/C20H19ClN2O2S.ClH/c21-16-6-2-4-8-18(16)26-12-15-14-5-1-3-7-17(14)25-19(15)20(24)23-11-13-9-22-10-13;/h1-8,13,22H,9-12H2,(H,23,24);1H. The minimum atomic E-state index is -0.150. The third-order valence-electron chi connectivity index (χ3n) is 4.53. The van der Waals surface area contributed by atoms with Gasteiger partial charge in [0, 0.05) is 47.2 Å². The minimum Gasteiger partial charge on any atom is -0.451 e. The molecule has 1 amide bonds. The fourth-order valence-corrected chi connectivity index (χ4v) is 4.21. The number of para-hydroxylation sites is 1. The Bertz CT molecular complexity index is 941. The number of hydrogen-bond donors (Lipinski definition) is 2. The lowest BCUT2D eigenvalue weighted by atomic mass is 10.0. The summed E-state index contributed by atoms with van der Waals surface area (Å²) in [5.41, 5.74) is 1.65. The fourth-order valence-electron chi connectivity index (χ4n) is 2.95. The van der Waals surface area contributed by atoms with Crippen LogP contribution in [0.2, 0.25) is 5.02 Å². The minimum absolute atomic E-state index is 0. The van der Waals surface area contributed by atoms with Gasteiger partial charge in [-0.05, 0) is 18.2 Å². The van der Waals surface area contributed by atoms with Crippen LogP contribution in [0.3, 0.4) is 0 Å². The lowest BCUT2D eigenvalue weighted by molar-refractivity contribution is 0.0915. The first-order valence-corrected chi connectivity index (χ1v) is 9.95. The number of benzene rings is 2. The molecule has 0 radical (unpaired) electrons. The lowest BCUT2D eigenvalue weighted by Crippen LogP contribution is -2.48. The first-order chi connectivity index (χ1) is 12.7. The van der Waals surface area contributed by atoms with Crippen molar-refractivity contribution in [1.29, 1.82) is 0 Å². The van der Waals surface area contributed by atoms with Gasteiger partial charge < -0.3 is 15.1 Å². The summed E-state index contributed by atoms with van der Waals surface area (Å²) in [6, 6.07) is 15.5. The van der Waals surface area contributed by atoms with Crippen molar-refractivity contribution in [1.82, 2.24) is 10.6 Å². The molecule has 3 aromatic rings. The number of furan rings is 1. The molecule has 0 bridgehead atoms. The van der Waals surface area contributed by atoms with Crippen LogP contribution in [0.5, 0.6) is 0 Å². The van der Waals surface area contributed by atoms with Crippen LogP contribution < -0.4 is 10.6 Å². The van der Waals surface area contributed by atoms with Crippen LogP contribution in [0.25, 0.3) is 11.0 Å². The maximum atomic E-state index is 12.7. The SMILES string of the molecule is Cl.O=C(NCC1CNC1)c1oc2ccccc2c1CSc1ccccc1Cl. The summed E-state index contributed by atoms with van der Waals surface area (Å²) in [4.78, 5) is 13.7. The van der Waals surface area contributed by atoms with Crippen LogP contribution >= 0.6 is 35.8 Å². The van der Waals surface area contributed by atoms with Gasteiger partial charge in [0.15, 0.2) is 5.76 Å². The first kappa shape index (κ1) is 20.1. The molecule has 1 aromatic heterocycles. The molecule has 7 heteroatoms. The molecular weight excluding hydrogens is 403 g/mol. The number of halogens is 2. The van der Waals surface area contributed by atoms with Crippen molar-refractivity contribution in [3.05, 3.63) is 64.9 Å². The van der Waals surface area contributed by atoms with E-state index in [1.165, 1.54) is 0 Å². The molecule has 1 aliphatic heterocycles. The molecule has 0 aliphatic carbocycles. The average Bonchev–Trinajstić information content (AvgIpc) is 2.98. The van der Waals surface area contributed by atoms with Crippen molar-refractivity contribution >= 4 is 52.6 Å². The van der Waals surface area contributed by atoms with Crippen molar-refractivity contribution in [3.8, 4) is 0 Å². The largest absolute Gasteiger partial charge is 0.451 e. The molecule has 4 nitrogen and oxygen atoms in total. The summed E-state index contributed by atoms with van der Waals surface area (Å²) in [6.45, 7) is 2.57. The summed E-state index contributed by atoms with van der Waals surface area (Å²) in [6.07, 6.45) is 0. The van der Waals surface area contributed by atoms with Gasteiger partial charge in [-0.2, -0.15) is 0 Å². The molecule has 0 unspecified atom stereocenters. The van der Waals surface area contributed by atoms with Gasteiger partial charge in [-0.25, -0.2) is 0 Å². The predicted molar refractivity (Wildman–Crippen MR) is 113 cm³/mol. The highest BCUT2D eigenvalue weighted by atomic mass is 35.5. The maximum absolute atomic E-state index is 12.7. The summed E-state index contributed by atoms with van der Waals surface area (Å²) in [5, 5.41) is 7.91. The number of hydrogen-bond acceptors (Lipinski definition) is 4. The molecule has 0 spiro atoms. The quantitative estimate of drug-likeness (QED) is 0.562. The number of fused-ring (bicyclic) bond motifs is 1. The highest BCUT2D eigenvalue weighted by molar-refractivity contribution is 7.98. The first-order valence-electron chi connectivity index (χ1n) is 8.59. The Kier molecular flexibility index (Phi) is 6.71. The van der Waals surface area contributed by atoms with Crippen molar-refractivity contribution in [2.24, 2.45) is 5.92 Å². The van der Waals surface area contributed by atoms with Gasteiger partial charge in [0.05, 0.1) is 5.02 Å². The van der Waals surface area contributed by atoms with E-state index in [-0.39, 0.29) is 18.3 Å². The number of amides is 1. The van der Waals surface area contributed by atoms with Crippen LogP contribution in [-0.4, -0.2) is 25.5 Å². The van der Waals surface area contributed by atoms with Crippen molar-refractivity contribution in [2.75, 3.05) is 19.6 Å². The molecule has 27 heavy (non-hydrogen) atoms. The van der Waals surface area contributed by atoms with Gasteiger partial charge in [-0.3, -0.25) is 4.79 Å². The van der Waals surface area contributed by atoms with E-state index < -0.39 is 0 Å². The Morgan fingerprint density at radius 2 is 1.93 bits per heavy atom. The summed E-state index contributed by atoms with van der Waals surface area (Å²) in [5.74, 6) is 1.37. The number of rotatable bonds is 6. The molecule has 2 aromatic carbocycles. The van der Waals surface area contributed by atoms with E-state index in [2.05, 4.69) is 10.6 Å². The van der Waals surface area contributed by atoms with Gasteiger partial charge >= 0.3 is 0 Å². The van der Waals surface area contributed by atoms with E-state index in [1.807, 2.05) is 48.5 Å². The average molecular weight is 423 g/mol. The zero-order valence-corrected chi connectivity index (χ0v) is 16.9. The van der Waals surface area contributed by atoms with Crippen LogP contribution in [0.15, 0.2) is 57.8 Å². The van der Waals surface area contributed by atoms with E-state index in [0.29, 0.717) is 29.0 Å². The Balaban J connectivity index is 0.00000210. The van der Waals surface area contributed by atoms with E-state index in [0.717, 1.165) is 34.5 Å². The second-order valence-corrected chi connectivity index (χ2v) is 7.78. The predicted octanol–water partition coefficient (Wildman–Crippen LogP) is 4.75. The topological polar surface area (TPSA) is 54.3 Å². The lowest BCUT2D eigenvalue weighted by Gasteiger charge is -2.26. The van der Waals surface area contributed by atoms with E-state index >= 15 is 0 Å². The monoisotopic (exact) mass is 422 g/mol. The van der Waals surface area contributed by atoms with Crippen molar-refractivity contribution in [2.45, 2.75) is 10.6 Å². The van der Waals surface area contributed by atoms with Crippen LogP contribution in [0.4, 0.5) is 0 Å². The normalized spacial score (nSPS) is 13.8. The van der Waals surface area contributed by atoms with Crippen LogP contribution in [0, 0.1) is 5.92 Å². The van der Waals surface area contributed by atoms with Crippen LogP contribution in [-0.2, 0) is 5.75 Å². The van der Waals surface area contributed by atoms with Gasteiger partial charge in [0.1, 0.15) is 5.58 Å². The molecule has 2 heterocycles. The second kappa shape index (κ2) is 9.02. The third-order valence-corrected chi connectivity index (χ3v) is 6.07. The maximum Gasteiger partial charge on any atom is 0.287 e. The summed E-state index contributed by atoms with van der Waals surface area (Å²) >= 11 is 7.87. The Hall–Kier alpha value is -1.66. The van der Waals surface area contributed by atoms with E-state index in [4.69, 9.17) is 16.0 Å². The van der Waals surface area contributed by atoms with Gasteiger partial charge in [-0.15, -0.1) is 24.2 Å². The van der Waals surface area contributed by atoms with Crippen molar-refractivity contribution < 1.29 is 9.21 Å². The molecule has 1 fully saturated rings. The zero-order chi connectivity index (χ0) is 17.9. The molecule has 4 rings (SSSR count). The van der Waals surface area contributed by atoms with E-state index in [9.17, 15) is 4.79 Å². The molecule has 1 saturated heterocycles. The Morgan fingerprint density at radius 3 is 2.67 bits per heavy atom. The molecule has 142 valence electrons. The van der Waals surface area contributed by atoms with Gasteiger partial charge in [0.2, 0.25) is 0 Å². The van der Waals surface area contributed by atoms with E-state index in [1.54, 1.807) is 11.8 Å². The Labute approximate surface area is 173 Å². The molecule has 0 atom stereocenters. The number of carbonyl (C=O) groups is 1. The smallest absolute Gasteiger partial charge is 0.287 e.